The van der Waals surface area contributed by atoms with E-state index in [-0.39, 0.29) is 6.42 Å². The summed E-state index contributed by atoms with van der Waals surface area (Å²) in [6.45, 7) is 0.589. The van der Waals surface area contributed by atoms with Crippen LogP contribution in [0.1, 0.15) is 24.4 Å². The van der Waals surface area contributed by atoms with Gasteiger partial charge in [0.2, 0.25) is 0 Å². The first kappa shape index (κ1) is 15.0. The van der Waals surface area contributed by atoms with Crippen molar-refractivity contribution in [3.8, 4) is 11.5 Å². The average molecular weight is 289 g/mol. The van der Waals surface area contributed by atoms with Crippen LogP contribution in [-0.2, 0) is 0 Å². The predicted octanol–water partition coefficient (Wildman–Crippen LogP) is 3.31. The number of hydrogen-bond acceptors (Lipinski definition) is 3. The van der Waals surface area contributed by atoms with Crippen LogP contribution in [0.4, 0.5) is 13.2 Å². The van der Waals surface area contributed by atoms with Gasteiger partial charge < -0.3 is 14.8 Å². The molecule has 1 aliphatic heterocycles. The van der Waals surface area contributed by atoms with Gasteiger partial charge in [0, 0.05) is 6.04 Å². The van der Waals surface area contributed by atoms with Crippen LogP contribution in [0.25, 0.3) is 0 Å². The Morgan fingerprint density at radius 2 is 1.85 bits per heavy atom. The molecule has 1 N–H and O–H groups in total. The molecule has 1 aliphatic rings. The summed E-state index contributed by atoms with van der Waals surface area (Å²) in [6.07, 6.45) is -3.52. The molecule has 0 spiro atoms. The number of halogens is 3. The zero-order valence-corrected chi connectivity index (χ0v) is 11.5. The molecule has 0 radical (unpaired) electrons. The highest BCUT2D eigenvalue weighted by molar-refractivity contribution is 5.44. The highest BCUT2D eigenvalue weighted by atomic mass is 19.4. The van der Waals surface area contributed by atoms with Gasteiger partial charge in [-0.1, -0.05) is 6.07 Å². The number of alkyl halides is 3. The second-order valence-electron chi connectivity index (χ2n) is 4.84. The lowest BCUT2D eigenvalue weighted by Crippen LogP contribution is -2.41. The van der Waals surface area contributed by atoms with Crippen molar-refractivity contribution in [1.29, 1.82) is 0 Å². The Bertz CT molecular complexity index is 462. The Morgan fingerprint density at radius 1 is 1.15 bits per heavy atom. The lowest BCUT2D eigenvalue weighted by atomic mass is 9.85. The molecule has 1 aromatic rings. The van der Waals surface area contributed by atoms with Crippen LogP contribution in [-0.4, -0.2) is 26.9 Å². The van der Waals surface area contributed by atoms with Gasteiger partial charge >= 0.3 is 6.18 Å². The molecule has 2 atom stereocenters. The third kappa shape index (κ3) is 3.00. The van der Waals surface area contributed by atoms with E-state index < -0.39 is 18.1 Å². The van der Waals surface area contributed by atoms with E-state index >= 15 is 0 Å². The Morgan fingerprint density at radius 3 is 2.45 bits per heavy atom. The number of hydrogen-bond donors (Lipinski definition) is 1. The molecule has 6 heteroatoms. The molecule has 0 aromatic heterocycles. The molecular formula is C14H18F3NO2. The Balaban J connectivity index is 2.33. The molecule has 1 heterocycles. The summed E-state index contributed by atoms with van der Waals surface area (Å²) < 4.78 is 49.6. The zero-order valence-electron chi connectivity index (χ0n) is 11.5. The fraction of sp³-hybridized carbons (Fsp3) is 0.571. The van der Waals surface area contributed by atoms with E-state index in [4.69, 9.17) is 9.47 Å². The highest BCUT2D eigenvalue weighted by Crippen LogP contribution is 2.42. The van der Waals surface area contributed by atoms with Crippen molar-refractivity contribution >= 4 is 0 Å². The van der Waals surface area contributed by atoms with Crippen molar-refractivity contribution in [2.45, 2.75) is 25.1 Å². The standard InChI is InChI=1S/C14H18F3NO2/c1-19-11-6-5-9(8-12(11)20-2)13-10(14(15,16)17)4-3-7-18-13/h5-6,8,10,13,18H,3-4,7H2,1-2H3. The quantitative estimate of drug-likeness (QED) is 0.926. The lowest BCUT2D eigenvalue weighted by Gasteiger charge is -2.34. The number of nitrogens with one attached hydrogen (secondary N) is 1. The molecule has 20 heavy (non-hydrogen) atoms. The number of ether oxygens (including phenoxy) is 2. The minimum absolute atomic E-state index is 0.148. The van der Waals surface area contributed by atoms with Crippen molar-refractivity contribution in [3.05, 3.63) is 23.8 Å². The van der Waals surface area contributed by atoms with Crippen molar-refractivity contribution in [3.63, 3.8) is 0 Å². The van der Waals surface area contributed by atoms with Crippen LogP contribution in [0.3, 0.4) is 0 Å². The Kier molecular flexibility index (Phi) is 4.42. The second-order valence-corrected chi connectivity index (χ2v) is 4.84. The van der Waals surface area contributed by atoms with E-state index in [0.29, 0.717) is 30.0 Å². The smallest absolute Gasteiger partial charge is 0.393 e. The lowest BCUT2D eigenvalue weighted by molar-refractivity contribution is -0.189. The summed E-state index contributed by atoms with van der Waals surface area (Å²) >= 11 is 0. The largest absolute Gasteiger partial charge is 0.493 e. The van der Waals surface area contributed by atoms with E-state index in [1.54, 1.807) is 18.2 Å². The van der Waals surface area contributed by atoms with Crippen molar-refractivity contribution in [2.75, 3.05) is 20.8 Å². The van der Waals surface area contributed by atoms with Crippen molar-refractivity contribution < 1.29 is 22.6 Å². The van der Waals surface area contributed by atoms with Crippen LogP contribution in [0.15, 0.2) is 18.2 Å². The zero-order chi connectivity index (χ0) is 14.8. The SMILES string of the molecule is COc1ccc(C2NCCCC2C(F)(F)F)cc1OC. The summed E-state index contributed by atoms with van der Waals surface area (Å²) in [5.74, 6) is -0.414. The number of piperidine rings is 1. The van der Waals surface area contributed by atoms with E-state index in [2.05, 4.69) is 5.32 Å². The summed E-state index contributed by atoms with van der Waals surface area (Å²) in [5, 5.41) is 2.96. The fourth-order valence-electron chi connectivity index (χ4n) is 2.64. The third-order valence-electron chi connectivity index (χ3n) is 3.65. The van der Waals surface area contributed by atoms with Gasteiger partial charge in [0.1, 0.15) is 0 Å². The van der Waals surface area contributed by atoms with Gasteiger partial charge in [-0.2, -0.15) is 13.2 Å². The minimum Gasteiger partial charge on any atom is -0.493 e. The number of benzene rings is 1. The molecule has 1 fully saturated rings. The summed E-state index contributed by atoms with van der Waals surface area (Å²) in [5.41, 5.74) is 0.574. The number of methoxy groups -OCH3 is 2. The van der Waals surface area contributed by atoms with Gasteiger partial charge in [0.15, 0.2) is 11.5 Å². The summed E-state index contributed by atoms with van der Waals surface area (Å²) in [7, 11) is 2.96. The Labute approximate surface area is 116 Å². The van der Waals surface area contributed by atoms with Gasteiger partial charge in [-0.3, -0.25) is 0 Å². The topological polar surface area (TPSA) is 30.5 Å². The highest BCUT2D eigenvalue weighted by Gasteiger charge is 2.46. The monoisotopic (exact) mass is 289 g/mol. The molecule has 0 saturated carbocycles. The molecule has 2 unspecified atom stereocenters. The molecule has 3 nitrogen and oxygen atoms in total. The predicted molar refractivity (Wildman–Crippen MR) is 69.1 cm³/mol. The molecule has 0 aliphatic carbocycles. The molecule has 0 amide bonds. The maximum Gasteiger partial charge on any atom is 0.393 e. The molecular weight excluding hydrogens is 271 g/mol. The molecule has 112 valence electrons. The first-order valence-corrected chi connectivity index (χ1v) is 6.49. The van der Waals surface area contributed by atoms with Gasteiger partial charge in [0.25, 0.3) is 0 Å². The molecule has 2 rings (SSSR count). The Hall–Kier alpha value is -1.43. The van der Waals surface area contributed by atoms with E-state index in [9.17, 15) is 13.2 Å². The van der Waals surface area contributed by atoms with Crippen LogP contribution in [0, 0.1) is 5.92 Å². The first-order chi connectivity index (χ1) is 9.47. The van der Waals surface area contributed by atoms with Gasteiger partial charge in [-0.05, 0) is 37.1 Å². The van der Waals surface area contributed by atoms with Crippen LogP contribution in [0.5, 0.6) is 11.5 Å². The summed E-state index contributed by atoms with van der Waals surface area (Å²) in [6, 6.07) is 4.17. The first-order valence-electron chi connectivity index (χ1n) is 6.49. The van der Waals surface area contributed by atoms with Gasteiger partial charge in [-0.15, -0.1) is 0 Å². The molecule has 1 saturated heterocycles. The van der Waals surface area contributed by atoms with E-state index in [1.165, 1.54) is 14.2 Å². The van der Waals surface area contributed by atoms with Crippen LogP contribution < -0.4 is 14.8 Å². The van der Waals surface area contributed by atoms with Crippen molar-refractivity contribution in [2.24, 2.45) is 5.92 Å². The maximum atomic E-state index is 13.1. The maximum absolute atomic E-state index is 13.1. The van der Waals surface area contributed by atoms with Crippen LogP contribution >= 0.6 is 0 Å². The minimum atomic E-state index is -4.20. The van der Waals surface area contributed by atoms with Gasteiger partial charge in [-0.25, -0.2) is 0 Å². The molecule has 1 aromatic carbocycles. The second kappa shape index (κ2) is 5.91. The van der Waals surface area contributed by atoms with Crippen LogP contribution in [0.2, 0.25) is 0 Å². The van der Waals surface area contributed by atoms with Crippen molar-refractivity contribution in [1.82, 2.24) is 5.32 Å². The van der Waals surface area contributed by atoms with E-state index in [0.717, 1.165) is 0 Å². The summed E-state index contributed by atoms with van der Waals surface area (Å²) in [4.78, 5) is 0. The fourth-order valence-corrected chi connectivity index (χ4v) is 2.64. The third-order valence-corrected chi connectivity index (χ3v) is 3.65. The number of rotatable bonds is 3. The normalized spacial score (nSPS) is 23.4. The van der Waals surface area contributed by atoms with Gasteiger partial charge in [0.05, 0.1) is 20.1 Å². The average Bonchev–Trinajstić information content (AvgIpc) is 2.45. The molecule has 0 bridgehead atoms. The van der Waals surface area contributed by atoms with E-state index in [1.807, 2.05) is 0 Å².